The first-order chi connectivity index (χ1) is 16.9. The Balaban J connectivity index is 1.82. The van der Waals surface area contributed by atoms with E-state index in [1.54, 1.807) is 34.9 Å². The zero-order valence-electron chi connectivity index (χ0n) is 18.7. The SMILES string of the molecule is CCOC(=O)C1=C(CN2CCOCC2C(=O)NO)NC(c2nccs2)=NC1c1ccc(F)cc1Br. The molecule has 1 amide bonds. The fourth-order valence-electron chi connectivity index (χ4n) is 3.91. The summed E-state index contributed by atoms with van der Waals surface area (Å²) in [6.07, 6.45) is 1.64. The van der Waals surface area contributed by atoms with Gasteiger partial charge in [0.2, 0.25) is 0 Å². The van der Waals surface area contributed by atoms with Gasteiger partial charge in [-0.1, -0.05) is 22.0 Å². The largest absolute Gasteiger partial charge is 0.463 e. The fraction of sp³-hybridized carbons (Fsp3) is 0.364. The molecule has 0 saturated carbocycles. The Kier molecular flexibility index (Phi) is 8.23. The number of amides is 1. The molecule has 0 bridgehead atoms. The Morgan fingerprint density at radius 2 is 2.29 bits per heavy atom. The van der Waals surface area contributed by atoms with Crippen molar-refractivity contribution in [3.8, 4) is 0 Å². The summed E-state index contributed by atoms with van der Waals surface area (Å²) in [7, 11) is 0. The molecule has 2 atom stereocenters. The van der Waals surface area contributed by atoms with Crippen LogP contribution in [0.2, 0.25) is 0 Å². The lowest BCUT2D eigenvalue weighted by atomic mass is 9.95. The third-order valence-electron chi connectivity index (χ3n) is 5.53. The molecule has 0 aliphatic carbocycles. The molecule has 1 fully saturated rings. The number of hydrogen-bond acceptors (Lipinski definition) is 10. The van der Waals surface area contributed by atoms with Gasteiger partial charge in [0.1, 0.15) is 17.9 Å². The van der Waals surface area contributed by atoms with Gasteiger partial charge in [0.15, 0.2) is 10.8 Å². The van der Waals surface area contributed by atoms with Crippen LogP contribution in [-0.2, 0) is 19.1 Å². The van der Waals surface area contributed by atoms with E-state index < -0.39 is 29.8 Å². The number of morpholine rings is 1. The number of hydrogen-bond donors (Lipinski definition) is 3. The molecule has 35 heavy (non-hydrogen) atoms. The molecule has 13 heteroatoms. The van der Waals surface area contributed by atoms with Crippen LogP contribution in [0, 0.1) is 5.82 Å². The van der Waals surface area contributed by atoms with Crippen molar-refractivity contribution in [1.82, 2.24) is 20.7 Å². The van der Waals surface area contributed by atoms with Crippen molar-refractivity contribution in [3.63, 3.8) is 0 Å². The minimum atomic E-state index is -0.828. The minimum absolute atomic E-state index is 0.0782. The number of nitrogens with zero attached hydrogens (tertiary/aromatic N) is 3. The Morgan fingerprint density at radius 3 is 2.97 bits per heavy atom. The maximum Gasteiger partial charge on any atom is 0.338 e. The standard InChI is InChI=1S/C22H23BrFN5O5S/c1-2-34-22(31)17-15(10-29-6-7-33-11-16(29)20(30)28-32)26-19(21-25-5-8-35-21)27-18(17)13-4-3-12(24)9-14(13)23/h3-5,8-9,16,18,32H,2,6-7,10-11H2,1H3,(H,26,27)(H,28,30). The number of amidine groups is 1. The molecule has 0 spiro atoms. The van der Waals surface area contributed by atoms with Crippen LogP contribution in [0.25, 0.3) is 0 Å². The van der Waals surface area contributed by atoms with E-state index in [0.29, 0.717) is 39.7 Å². The maximum absolute atomic E-state index is 13.9. The summed E-state index contributed by atoms with van der Waals surface area (Å²) in [6, 6.07) is 2.57. The summed E-state index contributed by atoms with van der Waals surface area (Å²) in [4.78, 5) is 36.4. The van der Waals surface area contributed by atoms with Crippen LogP contribution in [0.5, 0.6) is 0 Å². The van der Waals surface area contributed by atoms with Crippen LogP contribution < -0.4 is 10.8 Å². The zero-order valence-corrected chi connectivity index (χ0v) is 21.1. The predicted molar refractivity (Wildman–Crippen MR) is 128 cm³/mol. The number of carbonyl (C=O) groups is 2. The summed E-state index contributed by atoms with van der Waals surface area (Å²) in [5.74, 6) is -1.22. The van der Waals surface area contributed by atoms with Crippen LogP contribution in [0.3, 0.4) is 0 Å². The molecule has 3 heterocycles. The molecule has 2 aliphatic heterocycles. The second-order valence-corrected chi connectivity index (χ2v) is 9.41. The van der Waals surface area contributed by atoms with Crippen molar-refractivity contribution in [2.24, 2.45) is 4.99 Å². The van der Waals surface area contributed by atoms with Crippen LogP contribution in [0.15, 0.2) is 50.5 Å². The van der Waals surface area contributed by atoms with Gasteiger partial charge >= 0.3 is 5.97 Å². The number of ether oxygens (including phenoxy) is 2. The highest BCUT2D eigenvalue weighted by molar-refractivity contribution is 9.10. The van der Waals surface area contributed by atoms with Gasteiger partial charge in [-0.3, -0.25) is 19.9 Å². The van der Waals surface area contributed by atoms with Gasteiger partial charge < -0.3 is 14.8 Å². The number of esters is 1. The van der Waals surface area contributed by atoms with Gasteiger partial charge in [0.05, 0.1) is 25.4 Å². The fourth-order valence-corrected chi connectivity index (χ4v) is 5.07. The Morgan fingerprint density at radius 1 is 1.46 bits per heavy atom. The molecule has 2 unspecified atom stereocenters. The van der Waals surface area contributed by atoms with Crippen molar-refractivity contribution >= 4 is 45.0 Å². The molecule has 2 aliphatic rings. The molecular formula is C22H23BrFN5O5S. The number of rotatable bonds is 7. The van der Waals surface area contributed by atoms with Crippen LogP contribution in [0.4, 0.5) is 4.39 Å². The average molecular weight is 568 g/mol. The quantitative estimate of drug-likeness (QED) is 0.264. The predicted octanol–water partition coefficient (Wildman–Crippen LogP) is 2.16. The average Bonchev–Trinajstić information content (AvgIpc) is 3.39. The summed E-state index contributed by atoms with van der Waals surface area (Å²) >= 11 is 4.76. The number of hydroxylamine groups is 1. The van der Waals surface area contributed by atoms with Crippen molar-refractivity contribution in [2.75, 3.05) is 32.9 Å². The molecule has 10 nitrogen and oxygen atoms in total. The number of halogens is 2. The molecule has 1 saturated heterocycles. The van der Waals surface area contributed by atoms with Crippen LogP contribution in [0.1, 0.15) is 23.5 Å². The molecule has 186 valence electrons. The highest BCUT2D eigenvalue weighted by Crippen LogP contribution is 2.37. The summed E-state index contributed by atoms with van der Waals surface area (Å²) in [5.41, 5.74) is 2.93. The van der Waals surface area contributed by atoms with Gasteiger partial charge in [0, 0.05) is 34.8 Å². The monoisotopic (exact) mass is 567 g/mol. The van der Waals surface area contributed by atoms with Gasteiger partial charge in [-0.25, -0.2) is 19.6 Å². The number of thiazole rings is 1. The first kappa shape index (κ1) is 25.4. The summed E-state index contributed by atoms with van der Waals surface area (Å²) < 4.78 is 25.1. The smallest absolute Gasteiger partial charge is 0.338 e. The third-order valence-corrected chi connectivity index (χ3v) is 6.99. The van der Waals surface area contributed by atoms with Crippen LogP contribution in [-0.4, -0.2) is 71.8 Å². The maximum atomic E-state index is 13.9. The first-order valence-electron chi connectivity index (χ1n) is 10.8. The van der Waals surface area contributed by atoms with E-state index in [0.717, 1.165) is 0 Å². The molecule has 2 aromatic rings. The van der Waals surface area contributed by atoms with Gasteiger partial charge in [-0.05, 0) is 24.6 Å². The Bertz CT molecular complexity index is 1160. The van der Waals surface area contributed by atoms with Crippen molar-refractivity contribution in [3.05, 3.63) is 61.9 Å². The van der Waals surface area contributed by atoms with E-state index in [9.17, 15) is 19.2 Å². The van der Waals surface area contributed by atoms with E-state index in [2.05, 4.69) is 26.2 Å². The number of benzene rings is 1. The van der Waals surface area contributed by atoms with Gasteiger partial charge in [0.25, 0.3) is 5.91 Å². The van der Waals surface area contributed by atoms with E-state index in [-0.39, 0.29) is 25.3 Å². The lowest BCUT2D eigenvalue weighted by Crippen LogP contribution is -2.55. The van der Waals surface area contributed by atoms with E-state index in [1.165, 1.54) is 23.5 Å². The van der Waals surface area contributed by atoms with Crippen molar-refractivity contribution in [1.29, 1.82) is 0 Å². The molecule has 1 aromatic carbocycles. The van der Waals surface area contributed by atoms with Gasteiger partial charge in [-0.15, -0.1) is 11.3 Å². The van der Waals surface area contributed by atoms with E-state index >= 15 is 0 Å². The normalized spacial score (nSPS) is 20.7. The minimum Gasteiger partial charge on any atom is -0.463 e. The number of nitrogens with one attached hydrogen (secondary N) is 2. The number of aromatic nitrogens is 1. The van der Waals surface area contributed by atoms with Crippen molar-refractivity contribution in [2.45, 2.75) is 19.0 Å². The van der Waals surface area contributed by atoms with E-state index in [4.69, 9.17) is 14.5 Å². The van der Waals surface area contributed by atoms with E-state index in [1.807, 2.05) is 0 Å². The Hall–Kier alpha value is -2.71. The first-order valence-corrected chi connectivity index (χ1v) is 12.5. The molecule has 3 N–H and O–H groups in total. The highest BCUT2D eigenvalue weighted by atomic mass is 79.9. The summed E-state index contributed by atoms with van der Waals surface area (Å²) in [5, 5.41) is 14.8. The summed E-state index contributed by atoms with van der Waals surface area (Å²) in [6.45, 7) is 2.81. The molecule has 4 rings (SSSR count). The lowest BCUT2D eigenvalue weighted by Gasteiger charge is -2.36. The second-order valence-electron chi connectivity index (χ2n) is 7.66. The second kappa shape index (κ2) is 11.4. The number of carbonyl (C=O) groups excluding carboxylic acids is 2. The topological polar surface area (TPSA) is 125 Å². The molecule has 1 aromatic heterocycles. The highest BCUT2D eigenvalue weighted by Gasteiger charge is 2.37. The Labute approximate surface area is 212 Å². The lowest BCUT2D eigenvalue weighted by molar-refractivity contribution is -0.140. The number of aliphatic imine (C=N–C) groups is 1. The zero-order chi connectivity index (χ0) is 24.9. The van der Waals surface area contributed by atoms with Gasteiger partial charge in [-0.2, -0.15) is 0 Å². The molecule has 0 radical (unpaired) electrons. The van der Waals surface area contributed by atoms with Crippen LogP contribution >= 0.6 is 27.3 Å². The van der Waals surface area contributed by atoms with Crippen molar-refractivity contribution < 1.29 is 28.7 Å². The molecular weight excluding hydrogens is 545 g/mol. The third kappa shape index (κ3) is 5.59.